The third kappa shape index (κ3) is 11.1. The molecule has 3 rings (SSSR count). The Labute approximate surface area is 237 Å². The first kappa shape index (κ1) is 30.7. The van der Waals surface area contributed by atoms with Crippen molar-refractivity contribution < 1.29 is 23.8 Å². The van der Waals surface area contributed by atoms with Gasteiger partial charge in [0.25, 0.3) is 0 Å². The van der Waals surface area contributed by atoms with Gasteiger partial charge in [-0.1, -0.05) is 69.4 Å². The highest BCUT2D eigenvalue weighted by molar-refractivity contribution is 5.73. The number of benzene rings is 2. The number of aromatic amines is 1. The molecule has 8 heteroatoms. The molecule has 2 aromatic carbocycles. The molecule has 1 atom stereocenters. The number of amides is 1. The molecule has 216 valence electrons. The van der Waals surface area contributed by atoms with E-state index in [0.717, 1.165) is 23.3 Å². The number of alkyl carbamates (subject to hydrolysis) is 1. The highest BCUT2D eigenvalue weighted by Gasteiger charge is 2.25. The maximum Gasteiger partial charge on any atom is 0.408 e. The second-order valence-electron chi connectivity index (χ2n) is 10.9. The molecule has 2 N–H and O–H groups in total. The van der Waals surface area contributed by atoms with Crippen LogP contribution in [-0.2, 0) is 20.9 Å². The van der Waals surface area contributed by atoms with Crippen molar-refractivity contribution in [2.45, 2.75) is 90.9 Å². The van der Waals surface area contributed by atoms with Crippen LogP contribution in [-0.4, -0.2) is 34.2 Å². The standard InChI is InChI=1S/C32H43N3O5/c1-5-6-7-8-9-13-20-38-26-18-16-25(17-19-26)28-22-33-30(34-28)27(35-31(37)40-32(2,3)4)21-29(36)39-23-24-14-11-10-12-15-24/h10-12,14-19,22,27H,5-9,13,20-21,23H2,1-4H3,(H,33,34)(H,35,37)/t27-/m0/s1. The molecule has 0 aliphatic carbocycles. The highest BCUT2D eigenvalue weighted by Crippen LogP contribution is 2.24. The van der Waals surface area contributed by atoms with E-state index in [1.165, 1.54) is 32.1 Å². The van der Waals surface area contributed by atoms with E-state index < -0.39 is 23.7 Å². The lowest BCUT2D eigenvalue weighted by Crippen LogP contribution is -2.36. The van der Waals surface area contributed by atoms with E-state index in [4.69, 9.17) is 14.2 Å². The smallest absolute Gasteiger partial charge is 0.408 e. The van der Waals surface area contributed by atoms with Gasteiger partial charge in [0, 0.05) is 11.8 Å². The molecule has 0 aliphatic rings. The van der Waals surface area contributed by atoms with Gasteiger partial charge in [0.2, 0.25) is 0 Å². The van der Waals surface area contributed by atoms with Crippen LogP contribution in [0.1, 0.15) is 90.1 Å². The van der Waals surface area contributed by atoms with Crippen molar-refractivity contribution >= 4 is 12.1 Å². The first-order chi connectivity index (χ1) is 19.2. The lowest BCUT2D eigenvalue weighted by atomic mass is 10.1. The minimum atomic E-state index is -0.758. The molecule has 40 heavy (non-hydrogen) atoms. The number of imidazole rings is 1. The third-order valence-electron chi connectivity index (χ3n) is 6.15. The van der Waals surface area contributed by atoms with Gasteiger partial charge >= 0.3 is 12.1 Å². The van der Waals surface area contributed by atoms with E-state index in [0.29, 0.717) is 18.1 Å². The first-order valence-electron chi connectivity index (χ1n) is 14.2. The summed E-state index contributed by atoms with van der Waals surface area (Å²) in [4.78, 5) is 33.0. The summed E-state index contributed by atoms with van der Waals surface area (Å²) in [7, 11) is 0. The Morgan fingerprint density at radius 1 is 0.950 bits per heavy atom. The van der Waals surface area contributed by atoms with Gasteiger partial charge in [0.15, 0.2) is 0 Å². The van der Waals surface area contributed by atoms with Crippen molar-refractivity contribution in [1.82, 2.24) is 15.3 Å². The predicted octanol–water partition coefficient (Wildman–Crippen LogP) is 7.52. The summed E-state index contributed by atoms with van der Waals surface area (Å²) in [5.41, 5.74) is 1.77. The molecule has 1 amide bonds. The molecule has 8 nitrogen and oxygen atoms in total. The Balaban J connectivity index is 1.61. The zero-order valence-electron chi connectivity index (χ0n) is 24.2. The molecule has 0 spiro atoms. The number of hydrogen-bond donors (Lipinski definition) is 2. The summed E-state index contributed by atoms with van der Waals surface area (Å²) in [6, 6.07) is 16.4. The molecule has 1 heterocycles. The minimum Gasteiger partial charge on any atom is -0.494 e. The topological polar surface area (TPSA) is 103 Å². The van der Waals surface area contributed by atoms with E-state index in [-0.39, 0.29) is 13.0 Å². The van der Waals surface area contributed by atoms with Crippen molar-refractivity contribution in [3.05, 3.63) is 72.2 Å². The number of aromatic nitrogens is 2. The van der Waals surface area contributed by atoms with Crippen LogP contribution in [0.15, 0.2) is 60.8 Å². The summed E-state index contributed by atoms with van der Waals surface area (Å²) in [6.45, 7) is 8.41. The number of ether oxygens (including phenoxy) is 3. The Kier molecular flexibility index (Phi) is 12.1. The lowest BCUT2D eigenvalue weighted by molar-refractivity contribution is -0.145. The lowest BCUT2D eigenvalue weighted by Gasteiger charge is -2.22. The van der Waals surface area contributed by atoms with Gasteiger partial charge in [-0.05, 0) is 57.0 Å². The van der Waals surface area contributed by atoms with Crippen LogP contribution in [0.3, 0.4) is 0 Å². The van der Waals surface area contributed by atoms with Gasteiger partial charge < -0.3 is 24.5 Å². The fourth-order valence-corrected chi connectivity index (χ4v) is 4.09. The number of rotatable bonds is 15. The van der Waals surface area contributed by atoms with Crippen molar-refractivity contribution in [2.24, 2.45) is 0 Å². The van der Waals surface area contributed by atoms with Gasteiger partial charge in [-0.25, -0.2) is 9.78 Å². The number of H-pyrrole nitrogens is 1. The number of nitrogens with one attached hydrogen (secondary N) is 2. The van der Waals surface area contributed by atoms with E-state index in [1.54, 1.807) is 27.0 Å². The minimum absolute atomic E-state index is 0.107. The van der Waals surface area contributed by atoms with Gasteiger partial charge in [-0.3, -0.25) is 4.79 Å². The van der Waals surface area contributed by atoms with Crippen LogP contribution in [0.4, 0.5) is 4.79 Å². The summed E-state index contributed by atoms with van der Waals surface area (Å²) < 4.78 is 16.7. The number of nitrogens with zero attached hydrogens (tertiary/aromatic N) is 1. The largest absolute Gasteiger partial charge is 0.494 e. The van der Waals surface area contributed by atoms with Crippen molar-refractivity contribution in [2.75, 3.05) is 6.61 Å². The molecule has 0 saturated carbocycles. The zero-order chi connectivity index (χ0) is 28.8. The van der Waals surface area contributed by atoms with Crippen molar-refractivity contribution in [1.29, 1.82) is 0 Å². The van der Waals surface area contributed by atoms with E-state index in [9.17, 15) is 9.59 Å². The van der Waals surface area contributed by atoms with E-state index in [2.05, 4.69) is 22.2 Å². The fourth-order valence-electron chi connectivity index (χ4n) is 4.09. The average molecular weight is 550 g/mol. The van der Waals surface area contributed by atoms with Gasteiger partial charge in [-0.2, -0.15) is 0 Å². The highest BCUT2D eigenvalue weighted by atomic mass is 16.6. The molecule has 0 fully saturated rings. The van der Waals surface area contributed by atoms with Crippen molar-refractivity contribution in [3.63, 3.8) is 0 Å². The van der Waals surface area contributed by atoms with Crippen LogP contribution in [0.2, 0.25) is 0 Å². The van der Waals surface area contributed by atoms with E-state index >= 15 is 0 Å². The Morgan fingerprint density at radius 3 is 2.35 bits per heavy atom. The maximum atomic E-state index is 12.7. The number of carbonyl (C=O) groups excluding carboxylic acids is 2. The maximum absolute atomic E-state index is 12.7. The van der Waals surface area contributed by atoms with Crippen LogP contribution < -0.4 is 10.1 Å². The van der Waals surface area contributed by atoms with E-state index in [1.807, 2.05) is 54.6 Å². The second-order valence-corrected chi connectivity index (χ2v) is 10.9. The van der Waals surface area contributed by atoms with Crippen LogP contribution in [0.25, 0.3) is 11.3 Å². The summed E-state index contributed by atoms with van der Waals surface area (Å²) in [5.74, 6) is 0.786. The SMILES string of the molecule is CCCCCCCCOc1ccc(-c2c[nH]c([C@H](CC(=O)OCc3ccccc3)NC(=O)OC(C)(C)C)n2)cc1. The van der Waals surface area contributed by atoms with Crippen LogP contribution in [0.5, 0.6) is 5.75 Å². The third-order valence-corrected chi connectivity index (χ3v) is 6.15. The molecular formula is C32H43N3O5. The molecule has 0 radical (unpaired) electrons. The number of carbonyl (C=O) groups is 2. The molecule has 3 aromatic rings. The monoisotopic (exact) mass is 549 g/mol. The van der Waals surface area contributed by atoms with Crippen LogP contribution in [0, 0.1) is 0 Å². The molecule has 0 unspecified atom stereocenters. The zero-order valence-corrected chi connectivity index (χ0v) is 24.2. The summed E-state index contributed by atoms with van der Waals surface area (Å²) in [5, 5.41) is 2.76. The average Bonchev–Trinajstić information content (AvgIpc) is 3.41. The number of esters is 1. The second kappa shape index (κ2) is 15.7. The Bertz CT molecular complexity index is 1170. The fraction of sp³-hybridized carbons (Fsp3) is 0.469. The molecule has 0 saturated heterocycles. The summed E-state index contributed by atoms with van der Waals surface area (Å²) >= 11 is 0. The Morgan fingerprint density at radius 2 is 1.65 bits per heavy atom. The Hall–Kier alpha value is -3.81. The summed E-state index contributed by atoms with van der Waals surface area (Å²) in [6.07, 6.45) is 8.34. The number of hydrogen-bond acceptors (Lipinski definition) is 6. The van der Waals surface area contributed by atoms with Gasteiger partial charge in [0.05, 0.1) is 18.7 Å². The van der Waals surface area contributed by atoms with Crippen molar-refractivity contribution in [3.8, 4) is 17.0 Å². The molecule has 0 aliphatic heterocycles. The van der Waals surface area contributed by atoms with Crippen LogP contribution >= 0.6 is 0 Å². The molecule has 0 bridgehead atoms. The van der Waals surface area contributed by atoms with Gasteiger partial charge in [-0.15, -0.1) is 0 Å². The predicted molar refractivity (Wildman–Crippen MR) is 156 cm³/mol. The normalized spacial score (nSPS) is 12.0. The molecular weight excluding hydrogens is 506 g/mol. The number of unbranched alkanes of at least 4 members (excludes halogenated alkanes) is 5. The first-order valence-corrected chi connectivity index (χ1v) is 14.2. The van der Waals surface area contributed by atoms with Gasteiger partial charge in [0.1, 0.15) is 29.8 Å². The quantitative estimate of drug-likeness (QED) is 0.150. The molecule has 1 aromatic heterocycles.